The highest BCUT2D eigenvalue weighted by Gasteiger charge is 2.25. The van der Waals surface area contributed by atoms with Crippen molar-refractivity contribution in [1.29, 1.82) is 0 Å². The molecule has 21 heavy (non-hydrogen) atoms. The van der Waals surface area contributed by atoms with E-state index in [0.717, 1.165) is 31.8 Å². The summed E-state index contributed by atoms with van der Waals surface area (Å²) in [6.07, 6.45) is 0.696. The number of nitrogens with zero attached hydrogens (tertiary/aromatic N) is 1. The number of para-hydroxylation sites is 1. The lowest BCUT2D eigenvalue weighted by molar-refractivity contribution is -0.127. The highest BCUT2D eigenvalue weighted by molar-refractivity contribution is 5.80. The molecule has 1 aromatic rings. The molecule has 1 aliphatic rings. The summed E-state index contributed by atoms with van der Waals surface area (Å²) in [6.45, 7) is 9.18. The van der Waals surface area contributed by atoms with Crippen molar-refractivity contribution in [1.82, 2.24) is 10.2 Å². The van der Waals surface area contributed by atoms with Gasteiger partial charge >= 0.3 is 0 Å². The molecule has 1 aromatic carbocycles. The molecule has 2 atom stereocenters. The van der Waals surface area contributed by atoms with Crippen molar-refractivity contribution < 1.29 is 9.53 Å². The Morgan fingerprint density at radius 2 is 2.05 bits per heavy atom. The summed E-state index contributed by atoms with van der Waals surface area (Å²) in [7, 11) is 0. The fourth-order valence-corrected chi connectivity index (χ4v) is 2.64. The van der Waals surface area contributed by atoms with Crippen LogP contribution in [0.25, 0.3) is 0 Å². The van der Waals surface area contributed by atoms with Crippen LogP contribution in [0.15, 0.2) is 30.3 Å². The summed E-state index contributed by atoms with van der Waals surface area (Å²) >= 11 is 0. The first-order valence-corrected chi connectivity index (χ1v) is 7.79. The fraction of sp³-hybridized carbons (Fsp3) is 0.588. The maximum Gasteiger partial charge on any atom is 0.260 e. The molecule has 0 bridgehead atoms. The van der Waals surface area contributed by atoms with E-state index in [0.29, 0.717) is 12.0 Å². The standard InChI is InChI=1S/C17H26N2O2/c1-13(2)19-10-9-15(12-19)11-18-17(20)14(3)21-16-7-5-4-6-8-16/h4-8,13-15H,9-12H2,1-3H3,(H,18,20)/t14-,15+/m0/s1. The van der Waals surface area contributed by atoms with E-state index >= 15 is 0 Å². The topological polar surface area (TPSA) is 41.6 Å². The fourth-order valence-electron chi connectivity index (χ4n) is 2.64. The Kier molecular flexibility index (Phi) is 5.62. The number of rotatable bonds is 6. The molecule has 4 nitrogen and oxygen atoms in total. The summed E-state index contributed by atoms with van der Waals surface area (Å²) in [4.78, 5) is 14.5. The van der Waals surface area contributed by atoms with Crippen LogP contribution in [-0.4, -0.2) is 42.6 Å². The van der Waals surface area contributed by atoms with Gasteiger partial charge in [0.15, 0.2) is 6.10 Å². The summed E-state index contributed by atoms with van der Waals surface area (Å²) in [5.41, 5.74) is 0. The average molecular weight is 290 g/mol. The summed E-state index contributed by atoms with van der Waals surface area (Å²) in [5, 5.41) is 3.01. The number of carbonyl (C=O) groups is 1. The number of nitrogens with one attached hydrogen (secondary N) is 1. The molecule has 1 amide bonds. The van der Waals surface area contributed by atoms with Crippen molar-refractivity contribution in [3.8, 4) is 5.75 Å². The van der Waals surface area contributed by atoms with Crippen molar-refractivity contribution in [2.24, 2.45) is 5.92 Å². The smallest absolute Gasteiger partial charge is 0.260 e. The van der Waals surface area contributed by atoms with E-state index < -0.39 is 6.10 Å². The summed E-state index contributed by atoms with van der Waals surface area (Å²) in [6, 6.07) is 10.0. The number of likely N-dealkylation sites (tertiary alicyclic amines) is 1. The van der Waals surface area contributed by atoms with Crippen LogP contribution in [0.5, 0.6) is 5.75 Å². The van der Waals surface area contributed by atoms with Crippen molar-refractivity contribution in [2.75, 3.05) is 19.6 Å². The molecule has 0 aromatic heterocycles. The van der Waals surface area contributed by atoms with Gasteiger partial charge in [-0.05, 0) is 51.8 Å². The van der Waals surface area contributed by atoms with Gasteiger partial charge in [0.2, 0.25) is 0 Å². The van der Waals surface area contributed by atoms with E-state index in [1.165, 1.54) is 0 Å². The third kappa shape index (κ3) is 4.74. The maximum atomic E-state index is 12.1. The molecule has 2 rings (SSSR count). The Balaban J connectivity index is 1.72. The normalized spacial score (nSPS) is 20.5. The van der Waals surface area contributed by atoms with Crippen LogP contribution in [0.1, 0.15) is 27.2 Å². The maximum absolute atomic E-state index is 12.1. The lowest BCUT2D eigenvalue weighted by Gasteiger charge is -2.20. The van der Waals surface area contributed by atoms with E-state index in [1.807, 2.05) is 30.3 Å². The predicted octanol–water partition coefficient (Wildman–Crippen LogP) is 2.30. The first-order chi connectivity index (χ1) is 10.1. The van der Waals surface area contributed by atoms with Crippen LogP contribution in [-0.2, 0) is 4.79 Å². The molecule has 1 fully saturated rings. The Bertz CT molecular complexity index is 447. The van der Waals surface area contributed by atoms with Crippen LogP contribution >= 0.6 is 0 Å². The van der Waals surface area contributed by atoms with E-state index in [1.54, 1.807) is 6.92 Å². The van der Waals surface area contributed by atoms with Crippen molar-refractivity contribution >= 4 is 5.91 Å². The number of ether oxygens (including phenoxy) is 1. The Labute approximate surface area is 127 Å². The van der Waals surface area contributed by atoms with Gasteiger partial charge in [-0.1, -0.05) is 18.2 Å². The van der Waals surface area contributed by atoms with E-state index in [9.17, 15) is 4.79 Å². The highest BCUT2D eigenvalue weighted by Crippen LogP contribution is 2.17. The molecule has 0 unspecified atom stereocenters. The molecule has 1 N–H and O–H groups in total. The molecule has 116 valence electrons. The first-order valence-electron chi connectivity index (χ1n) is 7.79. The molecule has 0 radical (unpaired) electrons. The number of hydrogen-bond acceptors (Lipinski definition) is 3. The van der Waals surface area contributed by atoms with Gasteiger partial charge in [0.05, 0.1) is 0 Å². The molecule has 1 saturated heterocycles. The van der Waals surface area contributed by atoms with Crippen molar-refractivity contribution in [3.63, 3.8) is 0 Å². The molecular formula is C17H26N2O2. The van der Waals surface area contributed by atoms with E-state index in [-0.39, 0.29) is 5.91 Å². The van der Waals surface area contributed by atoms with Gasteiger partial charge in [-0.25, -0.2) is 0 Å². The third-order valence-corrected chi connectivity index (χ3v) is 4.04. The minimum Gasteiger partial charge on any atom is -0.481 e. The van der Waals surface area contributed by atoms with Gasteiger partial charge in [0.25, 0.3) is 5.91 Å². The van der Waals surface area contributed by atoms with Gasteiger partial charge in [-0.15, -0.1) is 0 Å². The van der Waals surface area contributed by atoms with Gasteiger partial charge < -0.3 is 15.0 Å². The second-order valence-electron chi connectivity index (χ2n) is 6.06. The minimum atomic E-state index is -0.463. The number of carbonyl (C=O) groups excluding carboxylic acids is 1. The lowest BCUT2D eigenvalue weighted by Crippen LogP contribution is -2.39. The zero-order valence-corrected chi connectivity index (χ0v) is 13.2. The molecule has 1 heterocycles. The van der Waals surface area contributed by atoms with Gasteiger partial charge in [-0.2, -0.15) is 0 Å². The molecular weight excluding hydrogens is 264 g/mol. The van der Waals surface area contributed by atoms with Crippen LogP contribution in [0.4, 0.5) is 0 Å². The van der Waals surface area contributed by atoms with Crippen LogP contribution < -0.4 is 10.1 Å². The lowest BCUT2D eigenvalue weighted by atomic mass is 10.1. The summed E-state index contributed by atoms with van der Waals surface area (Å²) in [5.74, 6) is 1.24. The Morgan fingerprint density at radius 1 is 1.33 bits per heavy atom. The molecule has 0 aliphatic carbocycles. The van der Waals surface area contributed by atoms with Gasteiger partial charge in [-0.3, -0.25) is 4.79 Å². The molecule has 0 spiro atoms. The molecule has 0 saturated carbocycles. The van der Waals surface area contributed by atoms with Crippen molar-refractivity contribution in [3.05, 3.63) is 30.3 Å². The van der Waals surface area contributed by atoms with Gasteiger partial charge in [0.1, 0.15) is 5.75 Å². The molecule has 1 aliphatic heterocycles. The average Bonchev–Trinajstić information content (AvgIpc) is 2.95. The minimum absolute atomic E-state index is 0.0400. The van der Waals surface area contributed by atoms with Crippen molar-refractivity contribution in [2.45, 2.75) is 39.3 Å². The first kappa shape index (κ1) is 15.8. The van der Waals surface area contributed by atoms with Crippen LogP contribution in [0.2, 0.25) is 0 Å². The van der Waals surface area contributed by atoms with E-state index in [4.69, 9.17) is 4.74 Å². The summed E-state index contributed by atoms with van der Waals surface area (Å²) < 4.78 is 5.63. The monoisotopic (exact) mass is 290 g/mol. The second-order valence-corrected chi connectivity index (χ2v) is 6.06. The zero-order valence-electron chi connectivity index (χ0n) is 13.2. The van der Waals surface area contributed by atoms with Crippen LogP contribution in [0.3, 0.4) is 0 Å². The number of benzene rings is 1. The largest absolute Gasteiger partial charge is 0.481 e. The number of amides is 1. The predicted molar refractivity (Wildman–Crippen MR) is 84.4 cm³/mol. The highest BCUT2D eigenvalue weighted by atomic mass is 16.5. The second kappa shape index (κ2) is 7.46. The Morgan fingerprint density at radius 3 is 2.67 bits per heavy atom. The number of hydrogen-bond donors (Lipinski definition) is 1. The van der Waals surface area contributed by atoms with E-state index in [2.05, 4.69) is 24.1 Å². The third-order valence-electron chi connectivity index (χ3n) is 4.04. The molecule has 4 heteroatoms. The Hall–Kier alpha value is -1.55. The quantitative estimate of drug-likeness (QED) is 0.874. The van der Waals surface area contributed by atoms with Crippen LogP contribution in [0, 0.1) is 5.92 Å². The zero-order chi connectivity index (χ0) is 15.2. The SMILES string of the molecule is CC(C)N1CC[C@H](CNC(=O)[C@H](C)Oc2ccccc2)C1. The van der Waals surface area contributed by atoms with Gasteiger partial charge in [0, 0.05) is 19.1 Å².